The highest BCUT2D eigenvalue weighted by atomic mass is 19.1. The van der Waals surface area contributed by atoms with Crippen molar-refractivity contribution in [1.82, 2.24) is 4.90 Å². The lowest BCUT2D eigenvalue weighted by Crippen LogP contribution is -2.26. The molecule has 85 valence electrons. The second-order valence-corrected chi connectivity index (χ2v) is 4.33. The van der Waals surface area contributed by atoms with Gasteiger partial charge in [0.2, 0.25) is 5.91 Å². The third-order valence-corrected chi connectivity index (χ3v) is 3.08. The summed E-state index contributed by atoms with van der Waals surface area (Å²) >= 11 is 0. The monoisotopic (exact) mass is 220 g/mol. The molecule has 0 spiro atoms. The van der Waals surface area contributed by atoms with E-state index in [0.29, 0.717) is 5.92 Å². The fraction of sp³-hybridized carbons (Fsp3) is 0.385. The number of hydrogen-bond acceptors (Lipinski definition) is 1. The Hall–Kier alpha value is -1.38. The van der Waals surface area contributed by atoms with Crippen molar-refractivity contribution in [2.45, 2.75) is 12.8 Å². The van der Waals surface area contributed by atoms with Crippen molar-refractivity contribution >= 4 is 5.91 Å². The molecule has 0 aromatic heterocycles. The van der Waals surface area contributed by atoms with Crippen LogP contribution in [0.5, 0.6) is 0 Å². The zero-order valence-corrected chi connectivity index (χ0v) is 9.16. The maximum absolute atomic E-state index is 12.7. The standard InChI is InChI=1S/C13H15FNO/c1-10(16)15-7-6-12(9-15)8-11-2-4-13(14)5-3-11/h2-5,12H,1,6-9H2. The third kappa shape index (κ3) is 2.60. The van der Waals surface area contributed by atoms with Gasteiger partial charge in [0, 0.05) is 20.0 Å². The van der Waals surface area contributed by atoms with Crippen LogP contribution in [0.15, 0.2) is 24.3 Å². The Morgan fingerprint density at radius 2 is 2.12 bits per heavy atom. The highest BCUT2D eigenvalue weighted by Gasteiger charge is 2.23. The van der Waals surface area contributed by atoms with Crippen LogP contribution in [-0.4, -0.2) is 23.9 Å². The van der Waals surface area contributed by atoms with E-state index in [1.807, 2.05) is 12.1 Å². The predicted molar refractivity (Wildman–Crippen MR) is 60.1 cm³/mol. The van der Waals surface area contributed by atoms with Crippen LogP contribution < -0.4 is 0 Å². The van der Waals surface area contributed by atoms with E-state index in [9.17, 15) is 9.18 Å². The fourth-order valence-corrected chi connectivity index (χ4v) is 2.18. The van der Waals surface area contributed by atoms with Crippen LogP contribution in [0.4, 0.5) is 4.39 Å². The number of likely N-dealkylation sites (tertiary alicyclic amines) is 1. The van der Waals surface area contributed by atoms with Crippen molar-refractivity contribution in [3.8, 4) is 0 Å². The molecule has 0 N–H and O–H groups in total. The Kier molecular flexibility index (Phi) is 3.22. The van der Waals surface area contributed by atoms with Gasteiger partial charge in [-0.1, -0.05) is 12.1 Å². The summed E-state index contributed by atoms with van der Waals surface area (Å²) in [5, 5.41) is 0. The number of benzene rings is 1. The Labute approximate surface area is 95.1 Å². The Balaban J connectivity index is 1.92. The number of hydrogen-bond donors (Lipinski definition) is 0. The number of nitrogens with zero attached hydrogens (tertiary/aromatic N) is 1. The third-order valence-electron chi connectivity index (χ3n) is 3.08. The minimum Gasteiger partial charge on any atom is -0.342 e. The second kappa shape index (κ2) is 4.64. The fourth-order valence-electron chi connectivity index (χ4n) is 2.18. The molecule has 1 atom stereocenters. The van der Waals surface area contributed by atoms with Gasteiger partial charge in [0.15, 0.2) is 0 Å². The molecule has 1 aliphatic rings. The first-order chi connectivity index (χ1) is 7.65. The average Bonchev–Trinajstić information content (AvgIpc) is 2.70. The van der Waals surface area contributed by atoms with Gasteiger partial charge in [-0.25, -0.2) is 4.39 Å². The van der Waals surface area contributed by atoms with Crippen LogP contribution in [0.2, 0.25) is 0 Å². The second-order valence-electron chi connectivity index (χ2n) is 4.33. The summed E-state index contributed by atoms with van der Waals surface area (Å²) in [7, 11) is 0. The normalized spacial score (nSPS) is 20.1. The highest BCUT2D eigenvalue weighted by molar-refractivity contribution is 5.80. The van der Waals surface area contributed by atoms with Crippen LogP contribution in [0.3, 0.4) is 0 Å². The molecule has 1 aliphatic heterocycles. The minimum atomic E-state index is -0.204. The summed E-state index contributed by atoms with van der Waals surface area (Å²) in [5.74, 6) is 0.183. The van der Waals surface area contributed by atoms with Crippen molar-refractivity contribution in [1.29, 1.82) is 0 Å². The molecule has 2 nitrogen and oxygen atoms in total. The first-order valence-electron chi connectivity index (χ1n) is 5.50. The van der Waals surface area contributed by atoms with E-state index in [-0.39, 0.29) is 11.7 Å². The van der Waals surface area contributed by atoms with E-state index in [1.165, 1.54) is 12.1 Å². The molecule has 1 radical (unpaired) electrons. The number of halogens is 1. The molecule has 0 aliphatic carbocycles. The SMILES string of the molecule is [CH2]C(=O)N1CCC(Cc2ccc(F)cc2)C1. The van der Waals surface area contributed by atoms with Crippen LogP contribution in [0.1, 0.15) is 12.0 Å². The van der Waals surface area contributed by atoms with E-state index in [1.54, 1.807) is 4.90 Å². The van der Waals surface area contributed by atoms with E-state index in [4.69, 9.17) is 0 Å². The molecule has 0 bridgehead atoms. The molecular formula is C13H15FNO. The lowest BCUT2D eigenvalue weighted by atomic mass is 9.99. The molecule has 1 fully saturated rings. The maximum Gasteiger partial charge on any atom is 0.223 e. The summed E-state index contributed by atoms with van der Waals surface area (Å²) in [6.07, 6.45) is 1.92. The molecule has 1 saturated heterocycles. The van der Waals surface area contributed by atoms with Crippen molar-refractivity contribution in [3.05, 3.63) is 42.6 Å². The first-order valence-corrected chi connectivity index (χ1v) is 5.50. The Morgan fingerprint density at radius 3 is 2.69 bits per heavy atom. The first kappa shape index (κ1) is 11.1. The highest BCUT2D eigenvalue weighted by Crippen LogP contribution is 2.20. The van der Waals surface area contributed by atoms with E-state index < -0.39 is 0 Å². The quantitative estimate of drug-likeness (QED) is 0.747. The molecule has 16 heavy (non-hydrogen) atoms. The molecular weight excluding hydrogens is 205 g/mol. The van der Waals surface area contributed by atoms with Gasteiger partial charge in [-0.05, 0) is 36.5 Å². The molecule has 1 unspecified atom stereocenters. The topological polar surface area (TPSA) is 20.3 Å². The number of carbonyl (C=O) groups is 1. The van der Waals surface area contributed by atoms with Crippen LogP contribution >= 0.6 is 0 Å². The van der Waals surface area contributed by atoms with Gasteiger partial charge < -0.3 is 4.90 Å². The van der Waals surface area contributed by atoms with E-state index in [0.717, 1.165) is 31.5 Å². The number of rotatable bonds is 2. The number of carbonyl (C=O) groups excluding carboxylic acids is 1. The van der Waals surface area contributed by atoms with Crippen LogP contribution in [0, 0.1) is 18.7 Å². The summed E-state index contributed by atoms with van der Waals surface area (Å²) in [6, 6.07) is 6.58. The van der Waals surface area contributed by atoms with Gasteiger partial charge in [-0.2, -0.15) is 0 Å². The molecule has 3 heteroatoms. The Bertz CT molecular complexity index is 374. The van der Waals surface area contributed by atoms with Crippen LogP contribution in [0.25, 0.3) is 0 Å². The van der Waals surface area contributed by atoms with E-state index >= 15 is 0 Å². The molecule has 1 heterocycles. The van der Waals surface area contributed by atoms with Crippen molar-refractivity contribution in [2.24, 2.45) is 5.92 Å². The van der Waals surface area contributed by atoms with Crippen molar-refractivity contribution in [2.75, 3.05) is 13.1 Å². The minimum absolute atomic E-state index is 0.0957. The van der Waals surface area contributed by atoms with E-state index in [2.05, 4.69) is 6.92 Å². The molecule has 1 aromatic rings. The smallest absolute Gasteiger partial charge is 0.223 e. The van der Waals surface area contributed by atoms with Crippen LogP contribution in [-0.2, 0) is 11.2 Å². The Morgan fingerprint density at radius 1 is 1.44 bits per heavy atom. The molecule has 1 amide bonds. The predicted octanol–water partition coefficient (Wildman–Crippen LogP) is 2.05. The van der Waals surface area contributed by atoms with Gasteiger partial charge in [0.1, 0.15) is 5.82 Å². The van der Waals surface area contributed by atoms with Gasteiger partial charge in [-0.3, -0.25) is 4.79 Å². The largest absolute Gasteiger partial charge is 0.342 e. The maximum atomic E-state index is 12.7. The zero-order chi connectivity index (χ0) is 11.5. The summed E-state index contributed by atoms with van der Waals surface area (Å²) in [4.78, 5) is 12.8. The lowest BCUT2D eigenvalue weighted by molar-refractivity contribution is -0.125. The van der Waals surface area contributed by atoms with Crippen molar-refractivity contribution in [3.63, 3.8) is 0 Å². The summed E-state index contributed by atoms with van der Waals surface area (Å²) < 4.78 is 12.7. The zero-order valence-electron chi connectivity index (χ0n) is 9.16. The average molecular weight is 220 g/mol. The summed E-state index contributed by atoms with van der Waals surface area (Å²) in [5.41, 5.74) is 1.13. The molecule has 1 aromatic carbocycles. The lowest BCUT2D eigenvalue weighted by Gasteiger charge is -2.13. The van der Waals surface area contributed by atoms with Gasteiger partial charge >= 0.3 is 0 Å². The van der Waals surface area contributed by atoms with Gasteiger partial charge in [0.05, 0.1) is 0 Å². The van der Waals surface area contributed by atoms with Gasteiger partial charge in [0.25, 0.3) is 0 Å². The van der Waals surface area contributed by atoms with Crippen molar-refractivity contribution < 1.29 is 9.18 Å². The molecule has 0 saturated carbocycles. The number of amides is 1. The molecule has 2 rings (SSSR count). The van der Waals surface area contributed by atoms with Gasteiger partial charge in [-0.15, -0.1) is 0 Å². The summed E-state index contributed by atoms with van der Waals surface area (Å²) in [6.45, 7) is 4.99.